The van der Waals surface area contributed by atoms with Crippen LogP contribution < -0.4 is 4.74 Å². The van der Waals surface area contributed by atoms with E-state index < -0.39 is 0 Å². The zero-order chi connectivity index (χ0) is 12.1. The van der Waals surface area contributed by atoms with E-state index in [0.717, 1.165) is 18.6 Å². The second-order valence-corrected chi connectivity index (χ2v) is 4.22. The molecule has 0 aliphatic carbocycles. The van der Waals surface area contributed by atoms with Crippen LogP contribution in [0.2, 0.25) is 0 Å². The molecule has 0 heterocycles. The van der Waals surface area contributed by atoms with Crippen molar-refractivity contribution in [3.8, 4) is 18.1 Å². The maximum Gasteiger partial charge on any atom is 0.125 e. The van der Waals surface area contributed by atoms with E-state index in [0.29, 0.717) is 5.92 Å². The van der Waals surface area contributed by atoms with Crippen LogP contribution in [-0.2, 0) is 0 Å². The van der Waals surface area contributed by atoms with E-state index in [-0.39, 0.29) is 0 Å². The number of benzene rings is 1. The summed E-state index contributed by atoms with van der Waals surface area (Å²) >= 11 is 0. The molecule has 0 bridgehead atoms. The standard InChI is InChI=1S/C15H20O/c1-6-8-13(7-2)14-10-11(3)9-12(4)15(14)16-5/h1,9-10,13H,7-8H2,2-5H3. The smallest absolute Gasteiger partial charge is 0.125 e. The normalized spacial score (nSPS) is 11.9. The number of ether oxygens (including phenoxy) is 1. The topological polar surface area (TPSA) is 9.23 Å². The molecule has 1 nitrogen and oxygen atoms in total. The zero-order valence-corrected chi connectivity index (χ0v) is 10.6. The predicted octanol–water partition coefficient (Wildman–Crippen LogP) is 3.83. The molecule has 0 saturated carbocycles. The fourth-order valence-electron chi connectivity index (χ4n) is 2.19. The van der Waals surface area contributed by atoms with Gasteiger partial charge in [-0.15, -0.1) is 12.3 Å². The number of terminal acetylenes is 1. The molecule has 0 spiro atoms. The van der Waals surface area contributed by atoms with Crippen molar-refractivity contribution in [3.05, 3.63) is 28.8 Å². The van der Waals surface area contributed by atoms with E-state index in [4.69, 9.17) is 11.2 Å². The Balaban J connectivity index is 3.24. The number of methoxy groups -OCH3 is 1. The summed E-state index contributed by atoms with van der Waals surface area (Å²) in [5.41, 5.74) is 3.71. The molecule has 0 fully saturated rings. The summed E-state index contributed by atoms with van der Waals surface area (Å²) < 4.78 is 5.49. The molecular weight excluding hydrogens is 196 g/mol. The van der Waals surface area contributed by atoms with E-state index in [1.807, 2.05) is 0 Å². The largest absolute Gasteiger partial charge is 0.496 e. The Morgan fingerprint density at radius 3 is 2.56 bits per heavy atom. The number of aryl methyl sites for hydroxylation is 2. The summed E-state index contributed by atoms with van der Waals surface area (Å²) in [6, 6.07) is 4.34. The summed E-state index contributed by atoms with van der Waals surface area (Å²) in [5, 5.41) is 0. The van der Waals surface area contributed by atoms with Gasteiger partial charge in [0.1, 0.15) is 5.75 Å². The minimum atomic E-state index is 0.401. The quantitative estimate of drug-likeness (QED) is 0.695. The van der Waals surface area contributed by atoms with Crippen LogP contribution in [0.15, 0.2) is 12.1 Å². The molecule has 0 aliphatic rings. The molecule has 0 aliphatic heterocycles. The molecule has 1 heteroatoms. The zero-order valence-electron chi connectivity index (χ0n) is 10.6. The van der Waals surface area contributed by atoms with Crippen LogP contribution in [0.25, 0.3) is 0 Å². The van der Waals surface area contributed by atoms with Gasteiger partial charge in [0, 0.05) is 6.42 Å². The molecule has 1 aromatic carbocycles. The number of hydrogen-bond acceptors (Lipinski definition) is 1. The third kappa shape index (κ3) is 2.58. The first kappa shape index (κ1) is 12.6. The fourth-order valence-corrected chi connectivity index (χ4v) is 2.19. The van der Waals surface area contributed by atoms with E-state index >= 15 is 0 Å². The molecule has 86 valence electrons. The highest BCUT2D eigenvalue weighted by Gasteiger charge is 2.15. The van der Waals surface area contributed by atoms with Crippen LogP contribution in [-0.4, -0.2) is 7.11 Å². The lowest BCUT2D eigenvalue weighted by molar-refractivity contribution is 0.401. The van der Waals surface area contributed by atoms with Crippen LogP contribution in [0.5, 0.6) is 5.75 Å². The molecular formula is C15H20O. The molecule has 16 heavy (non-hydrogen) atoms. The lowest BCUT2D eigenvalue weighted by atomic mass is 9.90. The Hall–Kier alpha value is -1.42. The molecule has 1 rings (SSSR count). The van der Waals surface area contributed by atoms with Gasteiger partial charge in [-0.05, 0) is 37.3 Å². The maximum atomic E-state index is 5.49. The van der Waals surface area contributed by atoms with Gasteiger partial charge in [-0.3, -0.25) is 0 Å². The van der Waals surface area contributed by atoms with Gasteiger partial charge in [0.25, 0.3) is 0 Å². The molecule has 1 unspecified atom stereocenters. The highest BCUT2D eigenvalue weighted by Crippen LogP contribution is 2.34. The van der Waals surface area contributed by atoms with Crippen LogP contribution in [0.4, 0.5) is 0 Å². The second-order valence-electron chi connectivity index (χ2n) is 4.22. The van der Waals surface area contributed by atoms with E-state index in [9.17, 15) is 0 Å². The average molecular weight is 216 g/mol. The van der Waals surface area contributed by atoms with Crippen molar-refractivity contribution in [1.29, 1.82) is 0 Å². The van der Waals surface area contributed by atoms with Gasteiger partial charge in [0.2, 0.25) is 0 Å². The third-order valence-corrected chi connectivity index (χ3v) is 2.95. The van der Waals surface area contributed by atoms with Gasteiger partial charge in [0.15, 0.2) is 0 Å². The molecule has 0 radical (unpaired) electrons. The Labute approximate surface area is 98.8 Å². The molecule has 0 amide bonds. The van der Waals surface area contributed by atoms with Crippen molar-refractivity contribution in [3.63, 3.8) is 0 Å². The molecule has 1 aromatic rings. The van der Waals surface area contributed by atoms with Crippen molar-refractivity contribution >= 4 is 0 Å². The van der Waals surface area contributed by atoms with Crippen molar-refractivity contribution in [2.24, 2.45) is 0 Å². The summed E-state index contributed by atoms with van der Waals surface area (Å²) in [6.45, 7) is 6.36. The summed E-state index contributed by atoms with van der Waals surface area (Å²) in [4.78, 5) is 0. The van der Waals surface area contributed by atoms with Crippen molar-refractivity contribution in [1.82, 2.24) is 0 Å². The Bertz CT molecular complexity index is 399. The molecule has 1 atom stereocenters. The first-order chi connectivity index (χ1) is 7.63. The van der Waals surface area contributed by atoms with Crippen LogP contribution in [0.1, 0.15) is 42.4 Å². The van der Waals surface area contributed by atoms with Crippen LogP contribution in [0, 0.1) is 26.2 Å². The predicted molar refractivity (Wildman–Crippen MR) is 69.0 cm³/mol. The van der Waals surface area contributed by atoms with E-state index in [1.54, 1.807) is 7.11 Å². The number of hydrogen-bond donors (Lipinski definition) is 0. The summed E-state index contributed by atoms with van der Waals surface area (Å²) in [5.74, 6) is 4.15. The van der Waals surface area contributed by atoms with Crippen LogP contribution in [0.3, 0.4) is 0 Å². The molecule has 0 N–H and O–H groups in total. The average Bonchev–Trinajstić information content (AvgIpc) is 2.25. The van der Waals surface area contributed by atoms with Crippen molar-refractivity contribution in [2.45, 2.75) is 39.5 Å². The lowest BCUT2D eigenvalue weighted by Gasteiger charge is -2.19. The monoisotopic (exact) mass is 216 g/mol. The van der Waals surface area contributed by atoms with Crippen LogP contribution >= 0.6 is 0 Å². The Morgan fingerprint density at radius 1 is 1.38 bits per heavy atom. The third-order valence-electron chi connectivity index (χ3n) is 2.95. The minimum absolute atomic E-state index is 0.401. The second kappa shape index (κ2) is 5.61. The summed E-state index contributed by atoms with van der Waals surface area (Å²) in [7, 11) is 1.73. The first-order valence-electron chi connectivity index (χ1n) is 5.72. The lowest BCUT2D eigenvalue weighted by Crippen LogP contribution is -2.02. The Kier molecular flexibility index (Phi) is 4.43. The van der Waals surface area contributed by atoms with Gasteiger partial charge in [0.05, 0.1) is 7.11 Å². The Morgan fingerprint density at radius 2 is 2.06 bits per heavy atom. The fraction of sp³-hybridized carbons (Fsp3) is 0.467. The van der Waals surface area contributed by atoms with Gasteiger partial charge in [-0.25, -0.2) is 0 Å². The van der Waals surface area contributed by atoms with Gasteiger partial charge in [-0.2, -0.15) is 0 Å². The molecule has 0 aromatic heterocycles. The van der Waals surface area contributed by atoms with Gasteiger partial charge >= 0.3 is 0 Å². The minimum Gasteiger partial charge on any atom is -0.496 e. The van der Waals surface area contributed by atoms with Crippen molar-refractivity contribution < 1.29 is 4.74 Å². The highest BCUT2D eigenvalue weighted by atomic mass is 16.5. The van der Waals surface area contributed by atoms with Gasteiger partial charge < -0.3 is 4.74 Å². The molecule has 0 saturated heterocycles. The first-order valence-corrected chi connectivity index (χ1v) is 5.72. The SMILES string of the molecule is C#CCC(CC)c1cc(C)cc(C)c1OC. The van der Waals surface area contributed by atoms with Gasteiger partial charge in [-0.1, -0.05) is 24.6 Å². The van der Waals surface area contributed by atoms with E-state index in [1.165, 1.54) is 16.7 Å². The maximum absolute atomic E-state index is 5.49. The summed E-state index contributed by atoms with van der Waals surface area (Å²) in [6.07, 6.45) is 7.24. The highest BCUT2D eigenvalue weighted by molar-refractivity contribution is 5.46. The number of rotatable bonds is 4. The van der Waals surface area contributed by atoms with E-state index in [2.05, 4.69) is 38.8 Å². The van der Waals surface area contributed by atoms with Crippen molar-refractivity contribution in [2.75, 3.05) is 7.11 Å².